The summed E-state index contributed by atoms with van der Waals surface area (Å²) in [5, 5.41) is 8.21. The highest BCUT2D eigenvalue weighted by Crippen LogP contribution is 2.29. The van der Waals surface area contributed by atoms with E-state index in [0.717, 1.165) is 16.0 Å². The Kier molecular flexibility index (Phi) is 4.45. The van der Waals surface area contributed by atoms with Gasteiger partial charge in [0.15, 0.2) is 5.96 Å². The molecule has 2 aromatic carbocycles. The summed E-state index contributed by atoms with van der Waals surface area (Å²) >= 11 is 5.89. The molecule has 21 heavy (non-hydrogen) atoms. The van der Waals surface area contributed by atoms with Crippen LogP contribution in [0, 0.1) is 5.41 Å². The Bertz CT molecular complexity index is 628. The Balaban J connectivity index is 2.56. The van der Waals surface area contributed by atoms with Crippen LogP contribution in [0.15, 0.2) is 54.6 Å². The molecule has 2 amide bonds. The van der Waals surface area contributed by atoms with E-state index >= 15 is 0 Å². The third-order valence-corrected chi connectivity index (χ3v) is 3.31. The van der Waals surface area contributed by atoms with Crippen LogP contribution in [0.2, 0.25) is 5.02 Å². The summed E-state index contributed by atoms with van der Waals surface area (Å²) in [5.74, 6) is -0.411. The predicted octanol–water partition coefficient (Wildman–Crippen LogP) is 2.70. The van der Waals surface area contributed by atoms with E-state index in [1.807, 2.05) is 30.3 Å². The summed E-state index contributed by atoms with van der Waals surface area (Å²) in [7, 11) is 0. The number of hydrogen-bond acceptors (Lipinski definition) is 2. The van der Waals surface area contributed by atoms with Gasteiger partial charge in [-0.05, 0) is 23.3 Å². The van der Waals surface area contributed by atoms with E-state index in [9.17, 15) is 4.79 Å². The molecule has 0 radical (unpaired) electrons. The van der Waals surface area contributed by atoms with Crippen LogP contribution in [0.5, 0.6) is 0 Å². The van der Waals surface area contributed by atoms with Crippen molar-refractivity contribution < 1.29 is 4.79 Å². The van der Waals surface area contributed by atoms with E-state index in [1.54, 1.807) is 24.3 Å². The standard InChI is InChI=1S/C15H15ClN4O/c16-12-8-6-11(7-9-12)13(10-4-2-1-3-5-10)20(14(17)18)15(19)21/h1-9,13H,(H3,17,18)(H2,19,21). The molecule has 2 rings (SSSR count). The van der Waals surface area contributed by atoms with Gasteiger partial charge in [-0.2, -0.15) is 0 Å². The van der Waals surface area contributed by atoms with E-state index in [0.29, 0.717) is 5.02 Å². The van der Waals surface area contributed by atoms with Crippen molar-refractivity contribution in [3.8, 4) is 0 Å². The molecule has 1 atom stereocenters. The fourth-order valence-electron chi connectivity index (χ4n) is 2.16. The predicted molar refractivity (Wildman–Crippen MR) is 83.1 cm³/mol. The van der Waals surface area contributed by atoms with Gasteiger partial charge in [0.2, 0.25) is 0 Å². The maximum atomic E-state index is 11.7. The van der Waals surface area contributed by atoms with Crippen molar-refractivity contribution in [2.45, 2.75) is 6.04 Å². The van der Waals surface area contributed by atoms with Crippen LogP contribution in [-0.4, -0.2) is 16.9 Å². The van der Waals surface area contributed by atoms with Gasteiger partial charge in [-0.25, -0.2) is 4.79 Å². The fourth-order valence-corrected chi connectivity index (χ4v) is 2.28. The highest BCUT2D eigenvalue weighted by Gasteiger charge is 2.27. The van der Waals surface area contributed by atoms with Crippen molar-refractivity contribution in [2.24, 2.45) is 11.5 Å². The molecule has 2 aromatic rings. The second-order valence-corrected chi connectivity index (χ2v) is 4.89. The van der Waals surface area contributed by atoms with Gasteiger partial charge in [0.05, 0.1) is 6.04 Å². The van der Waals surface area contributed by atoms with Gasteiger partial charge in [-0.1, -0.05) is 54.1 Å². The van der Waals surface area contributed by atoms with E-state index in [2.05, 4.69) is 0 Å². The molecule has 0 fully saturated rings. The monoisotopic (exact) mass is 302 g/mol. The summed E-state index contributed by atoms with van der Waals surface area (Å²) in [5.41, 5.74) is 12.5. The third kappa shape index (κ3) is 3.32. The zero-order valence-electron chi connectivity index (χ0n) is 11.2. The van der Waals surface area contributed by atoms with Crippen molar-refractivity contribution >= 4 is 23.6 Å². The van der Waals surface area contributed by atoms with E-state index in [-0.39, 0.29) is 0 Å². The zero-order valence-corrected chi connectivity index (χ0v) is 11.9. The second-order valence-electron chi connectivity index (χ2n) is 4.46. The van der Waals surface area contributed by atoms with Crippen molar-refractivity contribution in [1.29, 1.82) is 5.41 Å². The zero-order chi connectivity index (χ0) is 15.4. The highest BCUT2D eigenvalue weighted by molar-refractivity contribution is 6.30. The molecule has 5 nitrogen and oxygen atoms in total. The van der Waals surface area contributed by atoms with E-state index < -0.39 is 18.0 Å². The average Bonchev–Trinajstić information content (AvgIpc) is 2.46. The van der Waals surface area contributed by atoms with Gasteiger partial charge in [-0.3, -0.25) is 10.3 Å². The van der Waals surface area contributed by atoms with Crippen molar-refractivity contribution in [3.05, 3.63) is 70.7 Å². The average molecular weight is 303 g/mol. The maximum absolute atomic E-state index is 11.7. The number of urea groups is 1. The lowest BCUT2D eigenvalue weighted by Gasteiger charge is -2.29. The Labute approximate surface area is 127 Å². The molecule has 0 spiro atoms. The van der Waals surface area contributed by atoms with E-state index in [4.69, 9.17) is 28.5 Å². The number of guanidine groups is 1. The third-order valence-electron chi connectivity index (χ3n) is 3.06. The minimum atomic E-state index is -0.786. The van der Waals surface area contributed by atoms with Crippen LogP contribution in [-0.2, 0) is 0 Å². The Morgan fingerprint density at radius 3 is 2.00 bits per heavy atom. The number of primary amides is 1. The first-order valence-corrected chi connectivity index (χ1v) is 6.61. The summed E-state index contributed by atoms with van der Waals surface area (Å²) < 4.78 is 0. The molecular formula is C15H15ClN4O. The Morgan fingerprint density at radius 1 is 1.00 bits per heavy atom. The minimum absolute atomic E-state index is 0.411. The van der Waals surface area contributed by atoms with Crippen LogP contribution in [0.3, 0.4) is 0 Å². The summed E-state index contributed by atoms with van der Waals surface area (Å²) in [6.45, 7) is 0. The van der Waals surface area contributed by atoms with Gasteiger partial charge >= 0.3 is 6.03 Å². The summed E-state index contributed by atoms with van der Waals surface area (Å²) in [4.78, 5) is 12.7. The smallest absolute Gasteiger partial charge is 0.322 e. The molecule has 0 aliphatic rings. The number of carbonyl (C=O) groups excluding carboxylic acids is 1. The van der Waals surface area contributed by atoms with Crippen LogP contribution in [0.4, 0.5) is 4.79 Å². The normalized spacial score (nSPS) is 11.7. The van der Waals surface area contributed by atoms with Crippen molar-refractivity contribution in [2.75, 3.05) is 0 Å². The highest BCUT2D eigenvalue weighted by atomic mass is 35.5. The number of hydrogen-bond donors (Lipinski definition) is 3. The number of nitrogens with one attached hydrogen (secondary N) is 1. The molecule has 0 aliphatic carbocycles. The van der Waals surface area contributed by atoms with Crippen LogP contribution in [0.25, 0.3) is 0 Å². The maximum Gasteiger partial charge on any atom is 0.322 e. The first kappa shape index (κ1) is 14.9. The van der Waals surface area contributed by atoms with Crippen LogP contribution in [0.1, 0.15) is 17.2 Å². The lowest BCUT2D eigenvalue weighted by Crippen LogP contribution is -2.47. The number of amides is 2. The lowest BCUT2D eigenvalue weighted by molar-refractivity contribution is 0.222. The number of halogens is 1. The van der Waals surface area contributed by atoms with Crippen molar-refractivity contribution in [1.82, 2.24) is 4.90 Å². The van der Waals surface area contributed by atoms with Crippen molar-refractivity contribution in [3.63, 3.8) is 0 Å². The molecule has 5 N–H and O–H groups in total. The molecule has 1 unspecified atom stereocenters. The molecule has 0 aliphatic heterocycles. The minimum Gasteiger partial charge on any atom is -0.370 e. The van der Waals surface area contributed by atoms with Gasteiger partial charge in [0.25, 0.3) is 0 Å². The number of carbonyl (C=O) groups is 1. The second kappa shape index (κ2) is 6.28. The molecule has 0 aromatic heterocycles. The van der Waals surface area contributed by atoms with Gasteiger partial charge in [0, 0.05) is 5.02 Å². The molecule has 108 valence electrons. The first-order valence-electron chi connectivity index (χ1n) is 6.24. The van der Waals surface area contributed by atoms with Gasteiger partial charge in [-0.15, -0.1) is 0 Å². The van der Waals surface area contributed by atoms with Gasteiger partial charge in [0.1, 0.15) is 0 Å². The first-order chi connectivity index (χ1) is 10.0. The molecule has 0 saturated heterocycles. The SMILES string of the molecule is N=C(N)N(C(N)=O)C(c1ccccc1)c1ccc(Cl)cc1. The number of nitrogens with zero attached hydrogens (tertiary/aromatic N) is 1. The lowest BCUT2D eigenvalue weighted by atomic mass is 9.97. The van der Waals surface area contributed by atoms with Crippen LogP contribution >= 0.6 is 11.6 Å². The van der Waals surface area contributed by atoms with E-state index in [1.165, 1.54) is 0 Å². The molecular weight excluding hydrogens is 288 g/mol. The molecule has 0 saturated carbocycles. The molecule has 6 heteroatoms. The van der Waals surface area contributed by atoms with Crippen LogP contribution < -0.4 is 11.5 Å². The number of benzene rings is 2. The molecule has 0 bridgehead atoms. The topological polar surface area (TPSA) is 96.2 Å². The molecule has 0 heterocycles. The number of nitrogens with two attached hydrogens (primary N) is 2. The fraction of sp³-hybridized carbons (Fsp3) is 0.0667. The Hall–Kier alpha value is -2.53. The Morgan fingerprint density at radius 2 is 1.52 bits per heavy atom. The largest absolute Gasteiger partial charge is 0.370 e. The summed E-state index contributed by atoms with van der Waals surface area (Å²) in [6.07, 6.45) is 0. The summed E-state index contributed by atoms with van der Waals surface area (Å²) in [6, 6.07) is 14.9. The number of rotatable bonds is 3. The quantitative estimate of drug-likeness (QED) is 0.600. The van der Waals surface area contributed by atoms with Gasteiger partial charge < -0.3 is 11.5 Å².